The van der Waals surface area contributed by atoms with Crippen molar-refractivity contribution in [2.24, 2.45) is 7.05 Å². The maximum absolute atomic E-state index is 13.4. The van der Waals surface area contributed by atoms with E-state index in [1.165, 1.54) is 15.4 Å². The average molecular weight is 481 g/mol. The van der Waals surface area contributed by atoms with Crippen LogP contribution >= 0.6 is 11.3 Å². The van der Waals surface area contributed by atoms with Crippen molar-refractivity contribution < 1.29 is 13.2 Å². The molecule has 0 spiro atoms. The van der Waals surface area contributed by atoms with E-state index in [4.69, 9.17) is 0 Å². The molecule has 2 aromatic rings. The van der Waals surface area contributed by atoms with Gasteiger partial charge in [0, 0.05) is 29.5 Å². The first-order valence-electron chi connectivity index (χ1n) is 11.1. The number of fused-ring (bicyclic) bond motifs is 1. The van der Waals surface area contributed by atoms with Crippen LogP contribution in [-0.4, -0.2) is 55.3 Å². The van der Waals surface area contributed by atoms with Crippen LogP contribution in [-0.2, 0) is 30.1 Å². The second-order valence-electron chi connectivity index (χ2n) is 9.04. The third-order valence-electron chi connectivity index (χ3n) is 6.07. The number of carbonyl (C=O) groups is 1. The monoisotopic (exact) mass is 480 g/mol. The van der Waals surface area contributed by atoms with Gasteiger partial charge >= 0.3 is 16.2 Å². The van der Waals surface area contributed by atoms with Crippen LogP contribution in [0.3, 0.4) is 0 Å². The molecule has 2 N–H and O–H groups in total. The zero-order valence-corrected chi connectivity index (χ0v) is 20.7. The summed E-state index contributed by atoms with van der Waals surface area (Å²) in [5.74, 6) is 0.252. The molecular weight excluding hydrogens is 448 g/mol. The van der Waals surface area contributed by atoms with Crippen LogP contribution in [0.15, 0.2) is 12.4 Å². The zero-order valence-electron chi connectivity index (χ0n) is 19.1. The fourth-order valence-electron chi connectivity index (χ4n) is 4.67. The quantitative estimate of drug-likeness (QED) is 0.662. The van der Waals surface area contributed by atoms with E-state index in [-0.39, 0.29) is 12.0 Å². The molecule has 1 aliphatic heterocycles. The van der Waals surface area contributed by atoms with E-state index in [2.05, 4.69) is 33.9 Å². The first-order valence-corrected chi connectivity index (χ1v) is 13.4. The van der Waals surface area contributed by atoms with Crippen molar-refractivity contribution in [3.63, 3.8) is 0 Å². The first kappa shape index (κ1) is 23.1. The van der Waals surface area contributed by atoms with Crippen LogP contribution in [0, 0.1) is 0 Å². The van der Waals surface area contributed by atoms with Crippen molar-refractivity contribution in [2.75, 3.05) is 29.8 Å². The van der Waals surface area contributed by atoms with E-state index >= 15 is 0 Å². The van der Waals surface area contributed by atoms with Crippen LogP contribution in [0.4, 0.5) is 16.2 Å². The van der Waals surface area contributed by atoms with Crippen molar-refractivity contribution in [3.8, 4) is 0 Å². The van der Waals surface area contributed by atoms with E-state index in [9.17, 15) is 13.2 Å². The number of amides is 2. The summed E-state index contributed by atoms with van der Waals surface area (Å²) in [4.78, 5) is 17.4. The molecule has 1 fully saturated rings. The molecule has 2 aliphatic rings. The van der Waals surface area contributed by atoms with Crippen LogP contribution < -0.4 is 14.3 Å². The van der Waals surface area contributed by atoms with Gasteiger partial charge in [-0.2, -0.15) is 13.5 Å². The Balaban J connectivity index is 1.58. The standard InChI is InChI=1S/C21H32N6O3S2/c1-14(2)20-19(17-8-5-9-18(17)31-20)23-21(28)24-32(29,30)27(16-11-22-26(4)13-16)15-7-6-10-25(3)12-15/h11,13-15H,5-10,12H2,1-4H3,(H2,23,24,28)/t15-/m1/s1. The van der Waals surface area contributed by atoms with Gasteiger partial charge in [-0.3, -0.25) is 4.68 Å². The number of aromatic nitrogens is 2. The summed E-state index contributed by atoms with van der Waals surface area (Å²) in [6.07, 6.45) is 7.79. The number of anilines is 2. The summed E-state index contributed by atoms with van der Waals surface area (Å²) in [7, 11) is -0.421. The predicted molar refractivity (Wildman–Crippen MR) is 128 cm³/mol. The molecule has 4 rings (SSSR count). The average Bonchev–Trinajstić information content (AvgIpc) is 3.39. The van der Waals surface area contributed by atoms with E-state index < -0.39 is 16.2 Å². The number of piperidine rings is 1. The Morgan fingerprint density at radius 1 is 1.28 bits per heavy atom. The van der Waals surface area contributed by atoms with Gasteiger partial charge in [-0.05, 0) is 57.2 Å². The fraction of sp³-hybridized carbons (Fsp3) is 0.619. The molecule has 9 nitrogen and oxygen atoms in total. The highest BCUT2D eigenvalue weighted by Gasteiger charge is 2.35. The van der Waals surface area contributed by atoms with Gasteiger partial charge in [0.05, 0.1) is 23.6 Å². The molecule has 176 valence electrons. The molecule has 0 bridgehead atoms. The van der Waals surface area contributed by atoms with Gasteiger partial charge in [0.2, 0.25) is 0 Å². The second-order valence-corrected chi connectivity index (χ2v) is 11.7. The van der Waals surface area contributed by atoms with Gasteiger partial charge in [-0.25, -0.2) is 13.8 Å². The molecular formula is C21H32N6O3S2. The number of likely N-dealkylation sites (N-methyl/N-ethyl adjacent to an activating group) is 1. The number of rotatable bonds is 6. The number of hydrogen-bond donors (Lipinski definition) is 2. The van der Waals surface area contributed by atoms with Crippen molar-refractivity contribution in [1.29, 1.82) is 0 Å². The smallest absolute Gasteiger partial charge is 0.306 e. The first-order chi connectivity index (χ1) is 15.2. The highest BCUT2D eigenvalue weighted by molar-refractivity contribution is 7.91. The number of carbonyl (C=O) groups excluding carboxylic acids is 1. The number of likely N-dealkylation sites (tertiary alicyclic amines) is 1. The van der Waals surface area contributed by atoms with E-state index in [0.29, 0.717) is 12.2 Å². The van der Waals surface area contributed by atoms with Crippen molar-refractivity contribution >= 4 is 39.0 Å². The second kappa shape index (κ2) is 9.03. The van der Waals surface area contributed by atoms with Gasteiger partial charge in [0.25, 0.3) is 0 Å². The highest BCUT2D eigenvalue weighted by atomic mass is 32.2. The molecule has 11 heteroatoms. The number of nitrogens with zero attached hydrogens (tertiary/aromatic N) is 4. The van der Waals surface area contributed by atoms with Crippen LogP contribution in [0.25, 0.3) is 0 Å². The van der Waals surface area contributed by atoms with Crippen LogP contribution in [0.5, 0.6) is 0 Å². The number of thiophene rings is 1. The summed E-state index contributed by atoms with van der Waals surface area (Å²) < 4.78 is 32.0. The number of urea groups is 1. The molecule has 0 aromatic carbocycles. The zero-order chi connectivity index (χ0) is 23.0. The minimum atomic E-state index is -4.14. The Labute approximate surface area is 194 Å². The normalized spacial score (nSPS) is 19.2. The highest BCUT2D eigenvalue weighted by Crippen LogP contribution is 2.42. The molecule has 3 heterocycles. The Kier molecular flexibility index (Phi) is 6.51. The van der Waals surface area contributed by atoms with E-state index in [1.807, 2.05) is 7.05 Å². The van der Waals surface area contributed by atoms with Gasteiger partial charge < -0.3 is 10.2 Å². The maximum Gasteiger partial charge on any atom is 0.334 e. The van der Waals surface area contributed by atoms with Crippen molar-refractivity contribution in [2.45, 2.75) is 57.9 Å². The summed E-state index contributed by atoms with van der Waals surface area (Å²) in [6.45, 7) is 5.69. The molecule has 0 unspecified atom stereocenters. The van der Waals surface area contributed by atoms with Crippen LogP contribution in [0.2, 0.25) is 0 Å². The summed E-state index contributed by atoms with van der Waals surface area (Å²) in [5.41, 5.74) is 2.40. The maximum atomic E-state index is 13.4. The molecule has 1 atom stereocenters. The lowest BCUT2D eigenvalue weighted by Crippen LogP contribution is -2.54. The Bertz CT molecular complexity index is 1090. The fourth-order valence-corrected chi connectivity index (χ4v) is 7.34. The Hall–Kier alpha value is -2.11. The molecule has 32 heavy (non-hydrogen) atoms. The van der Waals surface area contributed by atoms with Gasteiger partial charge in [0.1, 0.15) is 0 Å². The summed E-state index contributed by atoms with van der Waals surface area (Å²) >= 11 is 1.73. The molecule has 1 saturated heterocycles. The Morgan fingerprint density at radius 2 is 2.06 bits per heavy atom. The minimum absolute atomic E-state index is 0.252. The predicted octanol–water partition coefficient (Wildman–Crippen LogP) is 3.06. The van der Waals surface area contributed by atoms with Crippen molar-refractivity contribution in [3.05, 3.63) is 27.7 Å². The lowest BCUT2D eigenvalue weighted by Gasteiger charge is -2.37. The number of hydrogen-bond acceptors (Lipinski definition) is 6. The Morgan fingerprint density at radius 3 is 2.72 bits per heavy atom. The van der Waals surface area contributed by atoms with E-state index in [1.54, 1.807) is 29.3 Å². The summed E-state index contributed by atoms with van der Waals surface area (Å²) in [5, 5.41) is 7.02. The molecule has 0 saturated carbocycles. The minimum Gasteiger partial charge on any atom is -0.306 e. The number of aryl methyl sites for hydroxylation is 2. The van der Waals surface area contributed by atoms with E-state index in [0.717, 1.165) is 54.8 Å². The SMILES string of the molecule is CC(C)c1sc2c(c1NC(=O)NS(=O)(=O)N(c1cnn(C)c1)[C@@H]1CCCN(C)C1)CCC2. The third-order valence-corrected chi connectivity index (χ3v) is 9.13. The summed E-state index contributed by atoms with van der Waals surface area (Å²) in [6, 6.07) is -1.00. The lowest BCUT2D eigenvalue weighted by molar-refractivity contribution is 0.251. The van der Waals surface area contributed by atoms with Crippen LogP contribution in [0.1, 0.15) is 54.3 Å². The van der Waals surface area contributed by atoms with Crippen molar-refractivity contribution in [1.82, 2.24) is 19.4 Å². The largest absolute Gasteiger partial charge is 0.334 e. The molecule has 1 aliphatic carbocycles. The topological polar surface area (TPSA) is 99.6 Å². The molecule has 2 aromatic heterocycles. The number of nitrogens with one attached hydrogen (secondary N) is 2. The van der Waals surface area contributed by atoms with Gasteiger partial charge in [-0.1, -0.05) is 13.8 Å². The van der Waals surface area contributed by atoms with Gasteiger partial charge in [0.15, 0.2) is 0 Å². The third kappa shape index (κ3) is 4.65. The molecule has 0 radical (unpaired) electrons. The molecule has 2 amide bonds. The van der Waals surface area contributed by atoms with Gasteiger partial charge in [-0.15, -0.1) is 11.3 Å². The lowest BCUT2D eigenvalue weighted by atomic mass is 10.1.